The van der Waals surface area contributed by atoms with Crippen molar-refractivity contribution in [2.45, 2.75) is 39.5 Å². The van der Waals surface area contributed by atoms with Crippen molar-refractivity contribution < 1.29 is 0 Å². The van der Waals surface area contributed by atoms with Crippen LogP contribution in [0.1, 0.15) is 39.5 Å². The molecule has 0 aliphatic heterocycles. The van der Waals surface area contributed by atoms with E-state index in [4.69, 9.17) is 0 Å². The van der Waals surface area contributed by atoms with E-state index in [1.54, 1.807) is 6.08 Å². The SMILES string of the molecule is C=C(CCC)CCC=CC=CC#CC#CC=CC. The van der Waals surface area contributed by atoms with Gasteiger partial charge in [0.15, 0.2) is 0 Å². The highest BCUT2D eigenvalue weighted by Crippen LogP contribution is 2.09. The Morgan fingerprint density at radius 2 is 1.78 bits per heavy atom. The van der Waals surface area contributed by atoms with E-state index >= 15 is 0 Å². The summed E-state index contributed by atoms with van der Waals surface area (Å²) in [5.74, 6) is 11.1. The highest BCUT2D eigenvalue weighted by molar-refractivity contribution is 5.34. The molecule has 0 aromatic heterocycles. The standard InChI is InChI=1S/C18H22/c1-4-6-7-8-9-10-11-12-13-14-15-17-18(3)16-5-2/h4,6,11-14H,3,5,15-17H2,1-2H3. The molecule has 0 heterocycles. The second-order valence-electron chi connectivity index (χ2n) is 3.86. The first kappa shape index (κ1) is 16.1. The van der Waals surface area contributed by atoms with Crippen LogP contribution < -0.4 is 0 Å². The van der Waals surface area contributed by atoms with Crippen LogP contribution in [0.15, 0.2) is 48.6 Å². The molecular formula is C18H22. The Morgan fingerprint density at radius 3 is 2.44 bits per heavy atom. The fraction of sp³-hybridized carbons (Fsp3) is 0.333. The molecule has 0 nitrogen and oxygen atoms in total. The van der Waals surface area contributed by atoms with E-state index in [0.717, 1.165) is 19.3 Å². The average molecular weight is 238 g/mol. The molecule has 0 fully saturated rings. The third-order valence-corrected chi connectivity index (χ3v) is 2.15. The van der Waals surface area contributed by atoms with Crippen molar-refractivity contribution >= 4 is 0 Å². The quantitative estimate of drug-likeness (QED) is 0.353. The van der Waals surface area contributed by atoms with Gasteiger partial charge in [-0.05, 0) is 50.2 Å². The lowest BCUT2D eigenvalue weighted by molar-refractivity contribution is 0.834. The van der Waals surface area contributed by atoms with E-state index in [2.05, 4.69) is 43.3 Å². The zero-order valence-corrected chi connectivity index (χ0v) is 11.5. The van der Waals surface area contributed by atoms with Crippen LogP contribution in [0.3, 0.4) is 0 Å². The van der Waals surface area contributed by atoms with Crippen molar-refractivity contribution in [2.75, 3.05) is 0 Å². The molecule has 0 aliphatic carbocycles. The number of hydrogen-bond acceptors (Lipinski definition) is 0. The molecule has 0 unspecified atom stereocenters. The lowest BCUT2D eigenvalue weighted by Gasteiger charge is -1.99. The van der Waals surface area contributed by atoms with E-state index in [-0.39, 0.29) is 0 Å². The van der Waals surface area contributed by atoms with Crippen LogP contribution in [0.5, 0.6) is 0 Å². The summed E-state index contributed by atoms with van der Waals surface area (Å²) in [6.45, 7) is 8.15. The molecule has 0 aliphatic rings. The van der Waals surface area contributed by atoms with Crippen LogP contribution in [0.4, 0.5) is 0 Å². The van der Waals surface area contributed by atoms with Crippen LogP contribution in [-0.2, 0) is 0 Å². The maximum Gasteiger partial charge on any atom is -0.0102 e. The van der Waals surface area contributed by atoms with Gasteiger partial charge < -0.3 is 0 Å². The van der Waals surface area contributed by atoms with E-state index in [1.807, 2.05) is 31.2 Å². The van der Waals surface area contributed by atoms with Crippen LogP contribution in [0.2, 0.25) is 0 Å². The molecule has 0 spiro atoms. The van der Waals surface area contributed by atoms with Gasteiger partial charge in [0, 0.05) is 0 Å². The molecule has 0 aromatic rings. The molecule has 0 atom stereocenters. The minimum Gasteiger partial charge on any atom is -0.0999 e. The topological polar surface area (TPSA) is 0 Å². The molecule has 0 radical (unpaired) electrons. The van der Waals surface area contributed by atoms with Crippen LogP contribution in [-0.4, -0.2) is 0 Å². The Balaban J connectivity index is 3.76. The minimum absolute atomic E-state index is 1.05. The maximum atomic E-state index is 4.03. The molecule has 0 aromatic carbocycles. The molecule has 0 amide bonds. The van der Waals surface area contributed by atoms with Gasteiger partial charge in [-0.3, -0.25) is 0 Å². The molecule has 0 saturated heterocycles. The minimum atomic E-state index is 1.05. The van der Waals surface area contributed by atoms with Gasteiger partial charge in [-0.2, -0.15) is 0 Å². The van der Waals surface area contributed by atoms with Crippen molar-refractivity contribution in [2.24, 2.45) is 0 Å². The van der Waals surface area contributed by atoms with Crippen molar-refractivity contribution in [1.29, 1.82) is 0 Å². The van der Waals surface area contributed by atoms with E-state index < -0.39 is 0 Å². The molecule has 0 bridgehead atoms. The van der Waals surface area contributed by atoms with Crippen molar-refractivity contribution in [3.05, 3.63) is 48.6 Å². The van der Waals surface area contributed by atoms with E-state index in [9.17, 15) is 0 Å². The molecule has 0 N–H and O–H groups in total. The molecule has 0 saturated carbocycles. The summed E-state index contributed by atoms with van der Waals surface area (Å²) >= 11 is 0. The largest absolute Gasteiger partial charge is 0.0999 e. The van der Waals surface area contributed by atoms with Gasteiger partial charge >= 0.3 is 0 Å². The van der Waals surface area contributed by atoms with Crippen LogP contribution in [0.25, 0.3) is 0 Å². The second-order valence-corrected chi connectivity index (χ2v) is 3.86. The van der Waals surface area contributed by atoms with Crippen LogP contribution >= 0.6 is 0 Å². The molecule has 18 heavy (non-hydrogen) atoms. The lowest BCUT2D eigenvalue weighted by atomic mass is 10.1. The first-order chi connectivity index (χ1) is 8.81. The monoisotopic (exact) mass is 238 g/mol. The normalized spacial score (nSPS) is 10.3. The summed E-state index contributed by atoms with van der Waals surface area (Å²) in [5.41, 5.74) is 1.34. The Morgan fingerprint density at radius 1 is 1.06 bits per heavy atom. The Kier molecular flexibility index (Phi) is 11.7. The summed E-state index contributed by atoms with van der Waals surface area (Å²) in [7, 11) is 0. The van der Waals surface area contributed by atoms with Crippen molar-refractivity contribution in [3.8, 4) is 23.7 Å². The summed E-state index contributed by atoms with van der Waals surface area (Å²) < 4.78 is 0. The Hall–Kier alpha value is -1.92. The highest BCUT2D eigenvalue weighted by Gasteiger charge is 1.89. The zero-order valence-electron chi connectivity index (χ0n) is 11.5. The first-order valence-electron chi connectivity index (χ1n) is 6.41. The zero-order chi connectivity index (χ0) is 13.5. The van der Waals surface area contributed by atoms with Gasteiger partial charge in [-0.1, -0.05) is 61.6 Å². The second kappa shape index (κ2) is 13.1. The van der Waals surface area contributed by atoms with E-state index in [1.165, 1.54) is 12.0 Å². The predicted molar refractivity (Wildman–Crippen MR) is 81.9 cm³/mol. The number of allylic oxidation sites excluding steroid dienone is 7. The Labute approximate surface area is 112 Å². The third kappa shape index (κ3) is 12.2. The molecular weight excluding hydrogens is 216 g/mol. The summed E-state index contributed by atoms with van der Waals surface area (Å²) in [6.07, 6.45) is 16.0. The maximum absolute atomic E-state index is 4.03. The van der Waals surface area contributed by atoms with E-state index in [0.29, 0.717) is 0 Å². The predicted octanol–water partition coefficient (Wildman–Crippen LogP) is 4.82. The summed E-state index contributed by atoms with van der Waals surface area (Å²) in [6, 6.07) is 0. The average Bonchev–Trinajstić information content (AvgIpc) is 2.36. The number of hydrogen-bond donors (Lipinski definition) is 0. The number of rotatable bonds is 6. The molecule has 94 valence electrons. The van der Waals surface area contributed by atoms with Gasteiger partial charge in [-0.25, -0.2) is 0 Å². The van der Waals surface area contributed by atoms with Gasteiger partial charge in [0.2, 0.25) is 0 Å². The van der Waals surface area contributed by atoms with Gasteiger partial charge in [0.1, 0.15) is 0 Å². The third-order valence-electron chi connectivity index (χ3n) is 2.15. The molecule has 0 rings (SSSR count). The lowest BCUT2D eigenvalue weighted by Crippen LogP contribution is -1.79. The van der Waals surface area contributed by atoms with Gasteiger partial charge in [0.05, 0.1) is 0 Å². The van der Waals surface area contributed by atoms with Crippen molar-refractivity contribution in [3.63, 3.8) is 0 Å². The van der Waals surface area contributed by atoms with Gasteiger partial charge in [0.25, 0.3) is 0 Å². The molecule has 0 heteroatoms. The summed E-state index contributed by atoms with van der Waals surface area (Å²) in [4.78, 5) is 0. The first-order valence-corrected chi connectivity index (χ1v) is 6.41. The highest BCUT2D eigenvalue weighted by atomic mass is 14.0. The smallest absolute Gasteiger partial charge is 0.0102 e. The Bertz CT molecular complexity index is 422. The van der Waals surface area contributed by atoms with Crippen molar-refractivity contribution in [1.82, 2.24) is 0 Å². The summed E-state index contributed by atoms with van der Waals surface area (Å²) in [5, 5.41) is 0. The fourth-order valence-electron chi connectivity index (χ4n) is 1.28. The van der Waals surface area contributed by atoms with Gasteiger partial charge in [-0.15, -0.1) is 0 Å². The van der Waals surface area contributed by atoms with Crippen LogP contribution in [0, 0.1) is 23.7 Å². The fourth-order valence-corrected chi connectivity index (χ4v) is 1.28.